The largest absolute Gasteiger partial charge is 0.461 e. The van der Waals surface area contributed by atoms with Crippen molar-refractivity contribution in [1.29, 1.82) is 0 Å². The highest BCUT2D eigenvalue weighted by Gasteiger charge is 2.30. The van der Waals surface area contributed by atoms with Crippen molar-refractivity contribution in [3.63, 3.8) is 0 Å². The number of carbonyl (C=O) groups excluding carboxylic acids is 1. The molecule has 1 saturated carbocycles. The van der Waals surface area contributed by atoms with Gasteiger partial charge in [0.1, 0.15) is 6.10 Å². The zero-order valence-corrected chi connectivity index (χ0v) is 11.9. The molecule has 1 rings (SSSR count). The maximum Gasteiger partial charge on any atom is 0.309 e. The van der Waals surface area contributed by atoms with Gasteiger partial charge in [0.05, 0.1) is 5.92 Å². The first-order chi connectivity index (χ1) is 7.45. The summed E-state index contributed by atoms with van der Waals surface area (Å²) in [6.45, 7) is 6.36. The molecule has 94 valence electrons. The van der Waals surface area contributed by atoms with Crippen LogP contribution in [0.1, 0.15) is 52.9 Å². The molecule has 2 atom stereocenters. The third kappa shape index (κ3) is 4.05. The summed E-state index contributed by atoms with van der Waals surface area (Å²) in [6.07, 6.45) is 6.52. The summed E-state index contributed by atoms with van der Waals surface area (Å²) in [5.41, 5.74) is 0.0338. The molecule has 3 heteroatoms. The first-order valence-corrected chi connectivity index (χ1v) is 7.17. The fraction of sp³-hybridized carbons (Fsp3) is 0.923. The zero-order valence-electron chi connectivity index (χ0n) is 10.8. The lowest BCUT2D eigenvalue weighted by atomic mass is 9.88. The van der Waals surface area contributed by atoms with E-state index in [-0.39, 0.29) is 23.4 Å². The Morgan fingerprint density at radius 1 is 1.31 bits per heavy atom. The highest BCUT2D eigenvalue weighted by Crippen LogP contribution is 2.29. The van der Waals surface area contributed by atoms with E-state index in [1.807, 2.05) is 0 Å². The lowest BCUT2D eigenvalue weighted by molar-refractivity contribution is -0.159. The van der Waals surface area contributed by atoms with Crippen LogP contribution in [0, 0.1) is 11.3 Å². The molecule has 0 amide bonds. The van der Waals surface area contributed by atoms with Gasteiger partial charge < -0.3 is 4.74 Å². The molecule has 2 unspecified atom stereocenters. The van der Waals surface area contributed by atoms with Crippen LogP contribution in [0.5, 0.6) is 0 Å². The van der Waals surface area contributed by atoms with E-state index >= 15 is 0 Å². The van der Waals surface area contributed by atoms with Crippen LogP contribution in [0.25, 0.3) is 0 Å². The van der Waals surface area contributed by atoms with E-state index in [0.29, 0.717) is 0 Å². The molecule has 0 N–H and O–H groups in total. The lowest BCUT2D eigenvalue weighted by Gasteiger charge is -2.31. The van der Waals surface area contributed by atoms with E-state index in [1.54, 1.807) is 0 Å². The number of esters is 1. The molecule has 1 fully saturated rings. The molecular formula is C13H25O2P. The van der Waals surface area contributed by atoms with E-state index in [9.17, 15) is 4.79 Å². The van der Waals surface area contributed by atoms with Crippen molar-refractivity contribution in [2.45, 2.75) is 59.0 Å². The molecule has 0 heterocycles. The number of ether oxygens (including phenoxy) is 1. The van der Waals surface area contributed by atoms with E-state index < -0.39 is 0 Å². The van der Waals surface area contributed by atoms with Gasteiger partial charge in [-0.2, -0.15) is 0 Å². The lowest BCUT2D eigenvalue weighted by Crippen LogP contribution is -2.35. The Bertz CT molecular complexity index is 227. The number of hydrogen-bond acceptors (Lipinski definition) is 2. The number of hydrogen-bond donors (Lipinski definition) is 0. The average molecular weight is 244 g/mol. The van der Waals surface area contributed by atoms with Gasteiger partial charge in [0.2, 0.25) is 0 Å². The molecule has 0 radical (unpaired) electrons. The summed E-state index contributed by atoms with van der Waals surface area (Å²) < 4.78 is 5.64. The van der Waals surface area contributed by atoms with E-state index in [0.717, 1.165) is 19.0 Å². The summed E-state index contributed by atoms with van der Waals surface area (Å²) in [5.74, 6) is 0.192. The van der Waals surface area contributed by atoms with Gasteiger partial charge in [-0.25, -0.2) is 0 Å². The average Bonchev–Trinajstić information content (AvgIpc) is 2.25. The number of rotatable bonds is 3. The van der Waals surface area contributed by atoms with Crippen molar-refractivity contribution in [1.82, 2.24) is 0 Å². The van der Waals surface area contributed by atoms with Crippen molar-refractivity contribution < 1.29 is 9.53 Å². The van der Waals surface area contributed by atoms with Crippen LogP contribution < -0.4 is 0 Å². The summed E-state index contributed by atoms with van der Waals surface area (Å²) in [5, 5.41) is 0. The number of carbonyl (C=O) groups is 1. The highest BCUT2D eigenvalue weighted by molar-refractivity contribution is 7.16. The Kier molecular flexibility index (Phi) is 5.24. The standard InChI is InChI=1S/C13H25O2P/c1-13(2,3)11(9-16)15-12(14)10-7-5-4-6-8-10/h10-11H,4-9,16H2,1-3H3. The molecule has 2 nitrogen and oxygen atoms in total. The monoisotopic (exact) mass is 244 g/mol. The maximum atomic E-state index is 12.0. The minimum Gasteiger partial charge on any atom is -0.461 e. The zero-order chi connectivity index (χ0) is 12.2. The molecular weight excluding hydrogens is 219 g/mol. The molecule has 0 aliphatic heterocycles. The first-order valence-electron chi connectivity index (χ1n) is 6.35. The normalized spacial score (nSPS) is 20.5. The molecule has 0 saturated heterocycles. The van der Waals surface area contributed by atoms with Crippen molar-refractivity contribution in [2.75, 3.05) is 6.16 Å². The Morgan fingerprint density at radius 3 is 2.31 bits per heavy atom. The molecule has 1 aliphatic carbocycles. The van der Waals surface area contributed by atoms with Crippen LogP contribution in [0.15, 0.2) is 0 Å². The summed E-state index contributed by atoms with van der Waals surface area (Å²) in [6, 6.07) is 0. The van der Waals surface area contributed by atoms with Crippen LogP contribution >= 0.6 is 9.24 Å². The second-order valence-corrected chi connectivity index (χ2v) is 6.33. The van der Waals surface area contributed by atoms with Crippen molar-refractivity contribution in [2.24, 2.45) is 11.3 Å². The van der Waals surface area contributed by atoms with Gasteiger partial charge in [0.15, 0.2) is 0 Å². The van der Waals surface area contributed by atoms with Crippen LogP contribution in [0.4, 0.5) is 0 Å². The minimum absolute atomic E-state index is 0.0203. The summed E-state index contributed by atoms with van der Waals surface area (Å²) in [7, 11) is 2.68. The van der Waals surface area contributed by atoms with Crippen LogP contribution in [0.2, 0.25) is 0 Å². The molecule has 0 spiro atoms. The predicted molar refractivity (Wildman–Crippen MR) is 70.5 cm³/mol. The van der Waals surface area contributed by atoms with Crippen molar-refractivity contribution in [3.8, 4) is 0 Å². The van der Waals surface area contributed by atoms with Gasteiger partial charge >= 0.3 is 5.97 Å². The maximum absolute atomic E-state index is 12.0. The van der Waals surface area contributed by atoms with Gasteiger partial charge in [-0.05, 0) is 24.4 Å². The molecule has 0 aromatic carbocycles. The van der Waals surface area contributed by atoms with E-state index in [1.165, 1.54) is 19.3 Å². The summed E-state index contributed by atoms with van der Waals surface area (Å²) >= 11 is 0. The third-order valence-corrected chi connectivity index (χ3v) is 3.81. The molecule has 0 aromatic heterocycles. The van der Waals surface area contributed by atoms with Crippen LogP contribution in [-0.4, -0.2) is 18.2 Å². The van der Waals surface area contributed by atoms with Crippen LogP contribution in [0.3, 0.4) is 0 Å². The Morgan fingerprint density at radius 2 is 1.88 bits per heavy atom. The van der Waals surface area contributed by atoms with Gasteiger partial charge in [0, 0.05) is 0 Å². The smallest absolute Gasteiger partial charge is 0.309 e. The second-order valence-electron chi connectivity index (χ2n) is 5.86. The van der Waals surface area contributed by atoms with Crippen molar-refractivity contribution >= 4 is 15.2 Å². The molecule has 0 bridgehead atoms. The van der Waals surface area contributed by atoms with Gasteiger partial charge in [-0.15, -0.1) is 9.24 Å². The highest BCUT2D eigenvalue weighted by atomic mass is 31.0. The molecule has 0 aromatic rings. The van der Waals surface area contributed by atoms with E-state index in [2.05, 4.69) is 30.0 Å². The molecule has 16 heavy (non-hydrogen) atoms. The Labute approximate surface area is 102 Å². The SMILES string of the molecule is CC(C)(C)C(CP)OC(=O)C1CCCCC1. The van der Waals surface area contributed by atoms with E-state index in [4.69, 9.17) is 4.74 Å². The molecule has 1 aliphatic rings. The first kappa shape index (κ1) is 14.0. The Balaban J connectivity index is 2.48. The van der Waals surface area contributed by atoms with Gasteiger partial charge in [0.25, 0.3) is 0 Å². The summed E-state index contributed by atoms with van der Waals surface area (Å²) in [4.78, 5) is 12.0. The quantitative estimate of drug-likeness (QED) is 0.562. The fourth-order valence-corrected chi connectivity index (χ4v) is 2.96. The van der Waals surface area contributed by atoms with Gasteiger partial charge in [-0.1, -0.05) is 40.0 Å². The second kappa shape index (κ2) is 6.00. The van der Waals surface area contributed by atoms with Crippen molar-refractivity contribution in [3.05, 3.63) is 0 Å². The predicted octanol–water partition coefficient (Wildman–Crippen LogP) is 3.40. The van der Waals surface area contributed by atoms with Gasteiger partial charge in [-0.3, -0.25) is 4.79 Å². The van der Waals surface area contributed by atoms with Crippen LogP contribution in [-0.2, 0) is 9.53 Å². The third-order valence-electron chi connectivity index (χ3n) is 3.38. The Hall–Kier alpha value is -0.100. The fourth-order valence-electron chi connectivity index (χ4n) is 2.15. The minimum atomic E-state index is 0.0203. The topological polar surface area (TPSA) is 26.3 Å².